The van der Waals surface area contributed by atoms with Crippen LogP contribution in [0.3, 0.4) is 0 Å². The van der Waals surface area contributed by atoms with E-state index in [4.69, 9.17) is 0 Å². The van der Waals surface area contributed by atoms with Gasteiger partial charge in [0.1, 0.15) is 10.9 Å². The van der Waals surface area contributed by atoms with E-state index in [0.29, 0.717) is 11.7 Å². The number of carbonyl (C=O) groups is 2. The van der Waals surface area contributed by atoms with Crippen LogP contribution in [0.1, 0.15) is 25.3 Å². The first kappa shape index (κ1) is 17.9. The summed E-state index contributed by atoms with van der Waals surface area (Å²) in [6, 6.07) is 4.55. The molecular formula is C15H18N4O4S. The molecule has 0 radical (unpaired) electrons. The van der Waals surface area contributed by atoms with Gasteiger partial charge in [-0.05, 0) is 25.0 Å². The first-order valence-electron chi connectivity index (χ1n) is 7.47. The van der Waals surface area contributed by atoms with E-state index in [-0.39, 0.29) is 23.7 Å². The number of nitro benzene ring substituents is 1. The van der Waals surface area contributed by atoms with Gasteiger partial charge in [0.15, 0.2) is 5.17 Å². The smallest absolute Gasteiger partial charge is 0.293 e. The molecule has 2 N–H and O–H groups in total. The van der Waals surface area contributed by atoms with Crippen molar-refractivity contribution in [1.82, 2.24) is 5.32 Å². The van der Waals surface area contributed by atoms with Crippen LogP contribution >= 0.6 is 11.8 Å². The third kappa shape index (κ3) is 4.54. The summed E-state index contributed by atoms with van der Waals surface area (Å²) < 4.78 is 0. The lowest BCUT2D eigenvalue weighted by molar-refractivity contribution is -0.384. The Hall–Kier alpha value is -2.42. The molecule has 1 unspecified atom stereocenters. The molecule has 8 nitrogen and oxygen atoms in total. The molecule has 1 aromatic carbocycles. The Morgan fingerprint density at radius 1 is 1.50 bits per heavy atom. The van der Waals surface area contributed by atoms with Crippen LogP contribution in [0.4, 0.5) is 11.4 Å². The van der Waals surface area contributed by atoms with Crippen molar-refractivity contribution in [1.29, 1.82) is 0 Å². The zero-order valence-corrected chi connectivity index (χ0v) is 14.2. The fraction of sp³-hybridized carbons (Fsp3) is 0.400. The number of hydrogen-bond acceptors (Lipinski definition) is 6. The zero-order chi connectivity index (χ0) is 17.7. The van der Waals surface area contributed by atoms with E-state index in [1.165, 1.54) is 23.9 Å². The average molecular weight is 350 g/mol. The first-order valence-corrected chi connectivity index (χ1v) is 8.35. The van der Waals surface area contributed by atoms with Gasteiger partial charge >= 0.3 is 0 Å². The van der Waals surface area contributed by atoms with E-state index in [1.807, 2.05) is 6.92 Å². The highest BCUT2D eigenvalue weighted by atomic mass is 32.2. The minimum absolute atomic E-state index is 0.0767. The van der Waals surface area contributed by atoms with Gasteiger partial charge in [0.2, 0.25) is 11.8 Å². The summed E-state index contributed by atoms with van der Waals surface area (Å²) in [5.74, 6) is -0.727. The van der Waals surface area contributed by atoms with E-state index in [1.54, 1.807) is 13.0 Å². The van der Waals surface area contributed by atoms with Crippen LogP contribution < -0.4 is 10.6 Å². The number of carbonyl (C=O) groups excluding carboxylic acids is 2. The van der Waals surface area contributed by atoms with E-state index in [0.717, 1.165) is 12.0 Å². The Morgan fingerprint density at radius 3 is 2.92 bits per heavy atom. The van der Waals surface area contributed by atoms with Crippen molar-refractivity contribution < 1.29 is 14.5 Å². The highest BCUT2D eigenvalue weighted by Gasteiger charge is 2.32. The third-order valence-electron chi connectivity index (χ3n) is 3.25. The standard InChI is InChI=1S/C15H18N4O4S/c1-3-6-16-15-18-14(21)12(24-15)8-13(20)17-10-5-4-9(2)7-11(10)19(22)23/h4-5,7,12H,3,6,8H2,1-2H3,(H,17,20)(H,16,18,21). The SMILES string of the molecule is CCCN=C1NC(=O)C(CC(=O)Nc2ccc(C)cc2[N+](=O)[O-])S1. The Morgan fingerprint density at radius 2 is 2.25 bits per heavy atom. The number of nitrogens with one attached hydrogen (secondary N) is 2. The molecule has 128 valence electrons. The Labute approximate surface area is 143 Å². The van der Waals surface area contributed by atoms with Crippen molar-refractivity contribution in [3.05, 3.63) is 33.9 Å². The lowest BCUT2D eigenvalue weighted by Crippen LogP contribution is -2.28. The van der Waals surface area contributed by atoms with E-state index in [2.05, 4.69) is 15.6 Å². The van der Waals surface area contributed by atoms with Crippen molar-refractivity contribution in [2.24, 2.45) is 4.99 Å². The third-order valence-corrected chi connectivity index (χ3v) is 4.37. The van der Waals surface area contributed by atoms with Gasteiger partial charge in [-0.2, -0.15) is 0 Å². The van der Waals surface area contributed by atoms with E-state index in [9.17, 15) is 19.7 Å². The molecule has 0 bridgehead atoms. The van der Waals surface area contributed by atoms with Crippen LogP contribution in [0.15, 0.2) is 23.2 Å². The molecule has 1 aliphatic rings. The molecule has 0 saturated carbocycles. The molecule has 1 fully saturated rings. The summed E-state index contributed by atoms with van der Waals surface area (Å²) >= 11 is 1.21. The molecule has 0 aromatic heterocycles. The molecule has 0 aliphatic carbocycles. The fourth-order valence-electron chi connectivity index (χ4n) is 2.10. The summed E-state index contributed by atoms with van der Waals surface area (Å²) in [4.78, 5) is 38.7. The number of amidine groups is 1. The quantitative estimate of drug-likeness (QED) is 0.603. The number of nitro groups is 1. The second-order valence-corrected chi connectivity index (χ2v) is 6.50. The number of aliphatic imine (C=N–C) groups is 1. The molecule has 24 heavy (non-hydrogen) atoms. The normalized spacial score (nSPS) is 18.5. The maximum atomic E-state index is 12.1. The van der Waals surface area contributed by atoms with Crippen LogP contribution in [-0.4, -0.2) is 33.7 Å². The molecule has 1 heterocycles. The van der Waals surface area contributed by atoms with Crippen molar-refractivity contribution in [2.75, 3.05) is 11.9 Å². The summed E-state index contributed by atoms with van der Waals surface area (Å²) in [6.45, 7) is 4.32. The number of amides is 2. The number of hydrogen-bond donors (Lipinski definition) is 2. The number of aryl methyl sites for hydroxylation is 1. The molecular weight excluding hydrogens is 332 g/mol. The van der Waals surface area contributed by atoms with Gasteiger partial charge in [0.25, 0.3) is 5.69 Å². The van der Waals surface area contributed by atoms with Gasteiger partial charge in [-0.25, -0.2) is 0 Å². The fourth-order valence-corrected chi connectivity index (χ4v) is 3.09. The second-order valence-electron chi connectivity index (χ2n) is 5.31. The Kier molecular flexibility index (Phi) is 5.91. The topological polar surface area (TPSA) is 114 Å². The van der Waals surface area contributed by atoms with Gasteiger partial charge in [-0.3, -0.25) is 24.7 Å². The van der Waals surface area contributed by atoms with Gasteiger partial charge in [-0.15, -0.1) is 0 Å². The van der Waals surface area contributed by atoms with Crippen molar-refractivity contribution in [2.45, 2.75) is 31.9 Å². The predicted molar refractivity (Wildman–Crippen MR) is 93.2 cm³/mol. The monoisotopic (exact) mass is 350 g/mol. The molecule has 1 atom stereocenters. The van der Waals surface area contributed by atoms with Crippen molar-refractivity contribution in [3.63, 3.8) is 0 Å². The zero-order valence-electron chi connectivity index (χ0n) is 13.4. The molecule has 0 spiro atoms. The largest absolute Gasteiger partial charge is 0.320 e. The van der Waals surface area contributed by atoms with Crippen LogP contribution in [0, 0.1) is 17.0 Å². The number of rotatable bonds is 6. The molecule has 1 saturated heterocycles. The number of benzene rings is 1. The summed E-state index contributed by atoms with van der Waals surface area (Å²) in [5, 5.41) is 16.1. The van der Waals surface area contributed by atoms with Crippen LogP contribution in [0.5, 0.6) is 0 Å². The van der Waals surface area contributed by atoms with Crippen molar-refractivity contribution in [3.8, 4) is 0 Å². The first-order chi connectivity index (χ1) is 11.4. The lowest BCUT2D eigenvalue weighted by atomic mass is 10.2. The summed E-state index contributed by atoms with van der Waals surface area (Å²) in [7, 11) is 0. The molecule has 1 aliphatic heterocycles. The minimum Gasteiger partial charge on any atom is -0.320 e. The molecule has 2 amide bonds. The lowest BCUT2D eigenvalue weighted by Gasteiger charge is -2.08. The summed E-state index contributed by atoms with van der Waals surface area (Å²) in [5.41, 5.74) is 0.679. The van der Waals surface area contributed by atoms with Gasteiger partial charge in [-0.1, -0.05) is 24.8 Å². The van der Waals surface area contributed by atoms with Crippen LogP contribution in [0.25, 0.3) is 0 Å². The molecule has 1 aromatic rings. The number of anilines is 1. The highest BCUT2D eigenvalue weighted by Crippen LogP contribution is 2.27. The van der Waals surface area contributed by atoms with Gasteiger partial charge in [0.05, 0.1) is 4.92 Å². The van der Waals surface area contributed by atoms with E-state index < -0.39 is 16.1 Å². The minimum atomic E-state index is -0.579. The Balaban J connectivity index is 2.02. The Bertz CT molecular complexity index is 705. The second kappa shape index (κ2) is 7.91. The van der Waals surface area contributed by atoms with Crippen LogP contribution in [0.2, 0.25) is 0 Å². The highest BCUT2D eigenvalue weighted by molar-refractivity contribution is 8.15. The molecule has 2 rings (SSSR count). The van der Waals surface area contributed by atoms with Crippen LogP contribution in [-0.2, 0) is 9.59 Å². The summed E-state index contributed by atoms with van der Waals surface area (Å²) in [6.07, 6.45) is 0.787. The number of nitrogens with zero attached hydrogens (tertiary/aromatic N) is 2. The maximum absolute atomic E-state index is 12.1. The average Bonchev–Trinajstić information content (AvgIpc) is 2.86. The predicted octanol–water partition coefficient (Wildman–Crippen LogP) is 2.23. The number of thioether (sulfide) groups is 1. The van der Waals surface area contributed by atoms with Crippen molar-refractivity contribution >= 4 is 40.1 Å². The molecule has 9 heteroatoms. The van der Waals surface area contributed by atoms with E-state index >= 15 is 0 Å². The van der Waals surface area contributed by atoms with Gasteiger partial charge in [0, 0.05) is 19.0 Å². The van der Waals surface area contributed by atoms with Gasteiger partial charge < -0.3 is 10.6 Å². The maximum Gasteiger partial charge on any atom is 0.293 e.